The van der Waals surface area contributed by atoms with E-state index in [-0.39, 0.29) is 17.1 Å². The Morgan fingerprint density at radius 3 is 2.45 bits per heavy atom. The number of nitrogens with one attached hydrogen (secondary N) is 1. The smallest absolute Gasteiger partial charge is 0.387 e. The summed E-state index contributed by atoms with van der Waals surface area (Å²) in [4.78, 5) is 25.6. The summed E-state index contributed by atoms with van der Waals surface area (Å²) < 4.78 is 30.6. The summed E-state index contributed by atoms with van der Waals surface area (Å²) in [6, 6.07) is 18.4. The van der Waals surface area contributed by atoms with Crippen molar-refractivity contribution in [2.45, 2.75) is 11.8 Å². The van der Waals surface area contributed by atoms with Crippen LogP contribution in [0.3, 0.4) is 0 Å². The lowest BCUT2D eigenvalue weighted by molar-refractivity contribution is -0.117. The Hall–Kier alpha value is -3.57. The third-order valence-corrected chi connectivity index (χ3v) is 6.11. The first kappa shape index (κ1) is 22.6. The van der Waals surface area contributed by atoms with Crippen molar-refractivity contribution in [1.29, 1.82) is 0 Å². The molecule has 0 unspecified atom stereocenters. The minimum atomic E-state index is -2.96. The van der Waals surface area contributed by atoms with Gasteiger partial charge in [0, 0.05) is 11.3 Å². The zero-order chi connectivity index (χ0) is 23.2. The SMILES string of the molecule is O=C(CSc1nnc(-c2cccs2)n1-c1ccccc1)NC(=O)c1ccc(OC(F)F)cc1. The highest BCUT2D eigenvalue weighted by Crippen LogP contribution is 2.30. The molecule has 168 valence electrons. The van der Waals surface area contributed by atoms with Crippen LogP contribution in [0.15, 0.2) is 77.3 Å². The molecular formula is C22H16F2N4O3S2. The van der Waals surface area contributed by atoms with Crippen LogP contribution in [0.25, 0.3) is 16.4 Å². The molecule has 0 atom stereocenters. The van der Waals surface area contributed by atoms with Crippen molar-refractivity contribution < 1.29 is 23.1 Å². The number of para-hydroxylation sites is 1. The molecule has 4 rings (SSSR count). The summed E-state index contributed by atoms with van der Waals surface area (Å²) in [6.07, 6.45) is 0. The number of thioether (sulfide) groups is 1. The Morgan fingerprint density at radius 2 is 1.79 bits per heavy atom. The van der Waals surface area contributed by atoms with Crippen molar-refractivity contribution in [3.63, 3.8) is 0 Å². The zero-order valence-electron chi connectivity index (χ0n) is 16.9. The lowest BCUT2D eigenvalue weighted by Gasteiger charge is -2.09. The number of ether oxygens (including phenoxy) is 1. The van der Waals surface area contributed by atoms with Gasteiger partial charge in [0.15, 0.2) is 11.0 Å². The molecule has 0 spiro atoms. The van der Waals surface area contributed by atoms with Gasteiger partial charge in [-0.2, -0.15) is 8.78 Å². The number of imide groups is 1. The summed E-state index contributed by atoms with van der Waals surface area (Å²) in [7, 11) is 0. The van der Waals surface area contributed by atoms with Crippen LogP contribution in [0.5, 0.6) is 5.75 Å². The summed E-state index contributed by atoms with van der Waals surface area (Å²) in [6.45, 7) is -2.96. The molecule has 11 heteroatoms. The maximum Gasteiger partial charge on any atom is 0.387 e. The van der Waals surface area contributed by atoms with Gasteiger partial charge >= 0.3 is 6.61 Å². The molecule has 0 fully saturated rings. The van der Waals surface area contributed by atoms with E-state index in [1.165, 1.54) is 35.6 Å². The predicted octanol–water partition coefficient (Wildman–Crippen LogP) is 4.65. The number of alkyl halides is 2. The number of thiophene rings is 1. The second-order valence-electron chi connectivity index (χ2n) is 6.52. The lowest BCUT2D eigenvalue weighted by Crippen LogP contribution is -2.31. The minimum Gasteiger partial charge on any atom is -0.435 e. The predicted molar refractivity (Wildman–Crippen MR) is 121 cm³/mol. The Labute approximate surface area is 195 Å². The van der Waals surface area contributed by atoms with E-state index >= 15 is 0 Å². The number of nitrogens with zero attached hydrogens (tertiary/aromatic N) is 3. The molecule has 2 heterocycles. The molecule has 4 aromatic rings. The van der Waals surface area contributed by atoms with Crippen molar-refractivity contribution in [3.8, 4) is 22.1 Å². The second-order valence-corrected chi connectivity index (χ2v) is 8.41. The number of benzene rings is 2. The third kappa shape index (κ3) is 5.62. The average molecular weight is 487 g/mol. The van der Waals surface area contributed by atoms with Crippen molar-refractivity contribution in [2.75, 3.05) is 5.75 Å². The van der Waals surface area contributed by atoms with Gasteiger partial charge in [0.25, 0.3) is 5.91 Å². The summed E-state index contributed by atoms with van der Waals surface area (Å²) in [5.74, 6) is -0.675. The normalized spacial score (nSPS) is 10.9. The topological polar surface area (TPSA) is 86.1 Å². The minimum absolute atomic E-state index is 0.0757. The third-order valence-electron chi connectivity index (χ3n) is 4.32. The number of carbonyl (C=O) groups excluding carboxylic acids is 2. The van der Waals surface area contributed by atoms with E-state index in [2.05, 4.69) is 20.3 Å². The Bertz CT molecular complexity index is 1230. The molecule has 0 bridgehead atoms. The Morgan fingerprint density at radius 1 is 1.03 bits per heavy atom. The van der Waals surface area contributed by atoms with Crippen LogP contribution in [0.4, 0.5) is 8.78 Å². The summed E-state index contributed by atoms with van der Waals surface area (Å²) >= 11 is 2.67. The summed E-state index contributed by atoms with van der Waals surface area (Å²) in [5.41, 5.74) is 0.985. The van der Waals surface area contributed by atoms with Crippen LogP contribution in [0.2, 0.25) is 0 Å². The van der Waals surface area contributed by atoms with Gasteiger partial charge in [-0.15, -0.1) is 21.5 Å². The maximum atomic E-state index is 12.4. The van der Waals surface area contributed by atoms with Crippen LogP contribution < -0.4 is 10.1 Å². The highest BCUT2D eigenvalue weighted by molar-refractivity contribution is 7.99. The molecule has 33 heavy (non-hydrogen) atoms. The molecule has 0 saturated heterocycles. The first-order valence-electron chi connectivity index (χ1n) is 9.58. The van der Waals surface area contributed by atoms with Crippen LogP contribution in [0.1, 0.15) is 10.4 Å². The summed E-state index contributed by atoms with van der Waals surface area (Å²) in [5, 5.41) is 13.2. The molecule has 0 saturated carbocycles. The van der Waals surface area contributed by atoms with Crippen molar-refractivity contribution >= 4 is 34.9 Å². The number of hydrogen-bond donors (Lipinski definition) is 1. The Balaban J connectivity index is 1.44. The van der Waals surface area contributed by atoms with Gasteiger partial charge in [-0.3, -0.25) is 19.5 Å². The monoisotopic (exact) mass is 486 g/mol. The first-order chi connectivity index (χ1) is 16.0. The number of aromatic nitrogens is 3. The molecule has 0 radical (unpaired) electrons. The van der Waals surface area contributed by atoms with Crippen molar-refractivity contribution in [2.24, 2.45) is 0 Å². The van der Waals surface area contributed by atoms with Gasteiger partial charge < -0.3 is 4.74 Å². The van der Waals surface area contributed by atoms with E-state index in [4.69, 9.17) is 0 Å². The van der Waals surface area contributed by atoms with E-state index in [0.717, 1.165) is 22.3 Å². The zero-order valence-corrected chi connectivity index (χ0v) is 18.5. The van der Waals surface area contributed by atoms with E-state index in [1.807, 2.05) is 52.4 Å². The van der Waals surface area contributed by atoms with Gasteiger partial charge in [0.05, 0.1) is 10.6 Å². The molecule has 0 aliphatic heterocycles. The molecule has 2 aromatic carbocycles. The van der Waals surface area contributed by atoms with Crippen LogP contribution in [-0.4, -0.2) is 38.9 Å². The number of rotatable bonds is 8. The van der Waals surface area contributed by atoms with E-state index in [9.17, 15) is 18.4 Å². The Kier molecular flexibility index (Phi) is 7.10. The second kappa shape index (κ2) is 10.4. The van der Waals surface area contributed by atoms with Gasteiger partial charge in [-0.1, -0.05) is 36.0 Å². The fourth-order valence-electron chi connectivity index (χ4n) is 2.89. The van der Waals surface area contributed by atoms with Crippen LogP contribution >= 0.6 is 23.1 Å². The molecule has 7 nitrogen and oxygen atoms in total. The van der Waals surface area contributed by atoms with Crippen LogP contribution in [0, 0.1) is 0 Å². The quantitative estimate of drug-likeness (QED) is 0.365. The standard InChI is InChI=1S/C22H16F2N4O3S2/c23-21(24)31-16-10-8-14(9-11-16)20(30)25-18(29)13-33-22-27-26-19(17-7-4-12-32-17)28(22)15-5-2-1-3-6-15/h1-12,21H,13H2,(H,25,29,30). The van der Waals surface area contributed by atoms with Gasteiger partial charge in [0.1, 0.15) is 5.75 Å². The fourth-order valence-corrected chi connectivity index (χ4v) is 4.34. The number of amides is 2. The van der Waals surface area contributed by atoms with E-state index in [0.29, 0.717) is 11.0 Å². The van der Waals surface area contributed by atoms with Crippen molar-refractivity contribution in [3.05, 3.63) is 77.7 Å². The molecule has 2 amide bonds. The first-order valence-corrected chi connectivity index (χ1v) is 11.4. The average Bonchev–Trinajstić information content (AvgIpc) is 3.48. The molecule has 1 N–H and O–H groups in total. The van der Waals surface area contributed by atoms with E-state index < -0.39 is 18.4 Å². The van der Waals surface area contributed by atoms with Gasteiger partial charge in [-0.25, -0.2) is 0 Å². The highest BCUT2D eigenvalue weighted by atomic mass is 32.2. The molecule has 0 aliphatic carbocycles. The van der Waals surface area contributed by atoms with Crippen LogP contribution in [-0.2, 0) is 4.79 Å². The fraction of sp³-hybridized carbons (Fsp3) is 0.0909. The lowest BCUT2D eigenvalue weighted by atomic mass is 10.2. The van der Waals surface area contributed by atoms with E-state index in [1.54, 1.807) is 0 Å². The van der Waals surface area contributed by atoms with Crippen molar-refractivity contribution in [1.82, 2.24) is 20.1 Å². The molecule has 2 aromatic heterocycles. The number of halogens is 2. The molecular weight excluding hydrogens is 470 g/mol. The van der Waals surface area contributed by atoms with Gasteiger partial charge in [0.2, 0.25) is 5.91 Å². The molecule has 0 aliphatic rings. The largest absolute Gasteiger partial charge is 0.435 e. The highest BCUT2D eigenvalue weighted by Gasteiger charge is 2.19. The van der Waals surface area contributed by atoms with Gasteiger partial charge in [-0.05, 0) is 47.8 Å². The number of carbonyl (C=O) groups is 2. The maximum absolute atomic E-state index is 12.4. The number of hydrogen-bond acceptors (Lipinski definition) is 7.